The smallest absolute Gasteiger partial charge is 0.0984 e. The molecule has 0 saturated heterocycles. The van der Waals surface area contributed by atoms with Crippen molar-refractivity contribution < 1.29 is 9.68 Å². The number of hydrogen-bond acceptors (Lipinski definition) is 4. The van der Waals surface area contributed by atoms with Crippen LogP contribution in [-0.2, 0) is 9.68 Å². The van der Waals surface area contributed by atoms with Gasteiger partial charge in [-0.15, -0.1) is 5.23 Å². The molecular formula is C24H36N2O2. The average Bonchev–Trinajstić information content (AvgIpc) is 2.72. The van der Waals surface area contributed by atoms with E-state index in [4.69, 9.17) is 9.68 Å². The lowest BCUT2D eigenvalue weighted by Crippen LogP contribution is -2.25. The second kappa shape index (κ2) is 13.3. The summed E-state index contributed by atoms with van der Waals surface area (Å²) in [5, 5.41) is 1.59. The van der Waals surface area contributed by atoms with E-state index in [0.29, 0.717) is 13.2 Å². The second-order valence-corrected chi connectivity index (χ2v) is 7.31. The Hall–Kier alpha value is -1.91. The lowest BCUT2D eigenvalue weighted by atomic mass is 10.1. The molecule has 0 spiro atoms. The van der Waals surface area contributed by atoms with E-state index in [9.17, 15) is 0 Å². The highest BCUT2D eigenvalue weighted by atomic mass is 16.9. The summed E-state index contributed by atoms with van der Waals surface area (Å²) in [6.45, 7) is 7.86. The first kappa shape index (κ1) is 22.4. The molecule has 0 atom stereocenters. The summed E-state index contributed by atoms with van der Waals surface area (Å²) in [7, 11) is 0. The highest BCUT2D eigenvalue weighted by Crippen LogP contribution is 2.24. The number of unbranched alkanes of at least 4 members (excludes halogenated alkanes) is 6. The molecule has 1 aromatic heterocycles. The van der Waals surface area contributed by atoms with Crippen molar-refractivity contribution in [3.63, 3.8) is 0 Å². The van der Waals surface area contributed by atoms with Crippen molar-refractivity contribution in [3.05, 3.63) is 48.2 Å². The zero-order valence-electron chi connectivity index (χ0n) is 17.8. The molecular weight excluding hydrogens is 348 g/mol. The maximum atomic E-state index is 5.97. The monoisotopic (exact) mass is 384 g/mol. The molecule has 0 aliphatic rings. The number of anilines is 1. The van der Waals surface area contributed by atoms with Crippen LogP contribution in [0.3, 0.4) is 0 Å². The van der Waals surface area contributed by atoms with E-state index in [0.717, 1.165) is 29.8 Å². The molecule has 0 saturated carbocycles. The van der Waals surface area contributed by atoms with Crippen LogP contribution in [0.1, 0.15) is 70.8 Å². The van der Waals surface area contributed by atoms with Crippen molar-refractivity contribution >= 4 is 5.69 Å². The van der Waals surface area contributed by atoms with Crippen molar-refractivity contribution in [1.82, 2.24) is 4.98 Å². The van der Waals surface area contributed by atoms with Gasteiger partial charge in [0.05, 0.1) is 24.6 Å². The Labute approximate surface area is 170 Å². The van der Waals surface area contributed by atoms with Crippen LogP contribution in [0.4, 0.5) is 5.69 Å². The lowest BCUT2D eigenvalue weighted by Gasteiger charge is -2.23. The van der Waals surface area contributed by atoms with E-state index in [1.165, 1.54) is 44.1 Å². The Morgan fingerprint density at radius 3 is 1.96 bits per heavy atom. The SMILES string of the molecule is CCCCCCON(OCCCCCC)c1ccnc(-c2ccc(C)cc2)c1. The Morgan fingerprint density at radius 1 is 0.786 bits per heavy atom. The number of pyridine rings is 1. The highest BCUT2D eigenvalue weighted by molar-refractivity contribution is 5.63. The summed E-state index contributed by atoms with van der Waals surface area (Å²) in [6, 6.07) is 12.4. The molecule has 0 amide bonds. The third-order valence-electron chi connectivity index (χ3n) is 4.71. The fourth-order valence-corrected chi connectivity index (χ4v) is 2.95. The van der Waals surface area contributed by atoms with Gasteiger partial charge < -0.3 is 0 Å². The molecule has 0 bridgehead atoms. The molecule has 0 unspecified atom stereocenters. The predicted molar refractivity (Wildman–Crippen MR) is 117 cm³/mol. The van der Waals surface area contributed by atoms with E-state index in [1.54, 1.807) is 5.23 Å². The summed E-state index contributed by atoms with van der Waals surface area (Å²) in [4.78, 5) is 16.5. The summed E-state index contributed by atoms with van der Waals surface area (Å²) in [6.07, 6.45) is 11.2. The number of aromatic nitrogens is 1. The summed E-state index contributed by atoms with van der Waals surface area (Å²) in [5.41, 5.74) is 4.15. The van der Waals surface area contributed by atoms with Crippen molar-refractivity contribution in [2.45, 2.75) is 72.1 Å². The van der Waals surface area contributed by atoms with Gasteiger partial charge in [-0.2, -0.15) is 0 Å². The first-order valence-electron chi connectivity index (χ1n) is 10.8. The Kier molecular flexibility index (Phi) is 10.6. The summed E-state index contributed by atoms with van der Waals surface area (Å²) < 4.78 is 0. The number of nitrogens with zero attached hydrogens (tertiary/aromatic N) is 2. The quantitative estimate of drug-likeness (QED) is 0.262. The van der Waals surface area contributed by atoms with E-state index in [-0.39, 0.29) is 0 Å². The molecule has 1 aromatic carbocycles. The van der Waals surface area contributed by atoms with Gasteiger partial charge in [-0.1, -0.05) is 82.2 Å². The van der Waals surface area contributed by atoms with Gasteiger partial charge in [-0.05, 0) is 31.9 Å². The lowest BCUT2D eigenvalue weighted by molar-refractivity contribution is -0.0914. The number of rotatable bonds is 14. The topological polar surface area (TPSA) is 34.6 Å². The predicted octanol–water partition coefficient (Wildman–Crippen LogP) is 6.89. The molecule has 4 nitrogen and oxygen atoms in total. The average molecular weight is 385 g/mol. The van der Waals surface area contributed by atoms with Crippen molar-refractivity contribution in [3.8, 4) is 11.3 Å². The van der Waals surface area contributed by atoms with Crippen LogP contribution in [0, 0.1) is 6.92 Å². The number of benzene rings is 1. The van der Waals surface area contributed by atoms with Crippen LogP contribution in [-0.4, -0.2) is 18.2 Å². The maximum Gasteiger partial charge on any atom is 0.0984 e. The second-order valence-electron chi connectivity index (χ2n) is 7.31. The van der Waals surface area contributed by atoms with Crippen LogP contribution in [0.2, 0.25) is 0 Å². The molecule has 2 rings (SSSR count). The zero-order chi connectivity index (χ0) is 20.0. The molecule has 154 valence electrons. The van der Waals surface area contributed by atoms with Gasteiger partial charge in [0, 0.05) is 11.8 Å². The van der Waals surface area contributed by atoms with Crippen LogP contribution < -0.4 is 5.23 Å². The Balaban J connectivity index is 2.02. The van der Waals surface area contributed by atoms with Gasteiger partial charge in [0.1, 0.15) is 0 Å². The molecule has 28 heavy (non-hydrogen) atoms. The molecule has 4 heteroatoms. The van der Waals surface area contributed by atoms with Gasteiger partial charge in [0.25, 0.3) is 0 Å². The molecule has 1 heterocycles. The van der Waals surface area contributed by atoms with Crippen molar-refractivity contribution in [1.29, 1.82) is 0 Å². The van der Waals surface area contributed by atoms with E-state index in [2.05, 4.69) is 50.0 Å². The highest BCUT2D eigenvalue weighted by Gasteiger charge is 2.11. The minimum Gasteiger partial charge on any atom is -0.256 e. The fraction of sp³-hybridized carbons (Fsp3) is 0.542. The molecule has 2 aromatic rings. The van der Waals surface area contributed by atoms with Gasteiger partial charge in [0.15, 0.2) is 0 Å². The normalized spacial score (nSPS) is 11.0. The van der Waals surface area contributed by atoms with Crippen LogP contribution >= 0.6 is 0 Å². The molecule has 0 aliphatic carbocycles. The molecule has 0 fully saturated rings. The largest absolute Gasteiger partial charge is 0.256 e. The first-order valence-corrected chi connectivity index (χ1v) is 10.8. The third kappa shape index (κ3) is 7.99. The van der Waals surface area contributed by atoms with Crippen LogP contribution in [0.15, 0.2) is 42.6 Å². The number of hydrogen-bond donors (Lipinski definition) is 0. The number of aryl methyl sites for hydroxylation is 1. The van der Waals surface area contributed by atoms with Gasteiger partial charge >= 0.3 is 0 Å². The van der Waals surface area contributed by atoms with Crippen molar-refractivity contribution in [2.24, 2.45) is 0 Å². The van der Waals surface area contributed by atoms with Gasteiger partial charge in [0.2, 0.25) is 0 Å². The molecule has 0 N–H and O–H groups in total. The first-order chi connectivity index (χ1) is 13.7. The van der Waals surface area contributed by atoms with E-state index < -0.39 is 0 Å². The third-order valence-corrected chi connectivity index (χ3v) is 4.71. The zero-order valence-corrected chi connectivity index (χ0v) is 17.8. The minimum atomic E-state index is 0.664. The van der Waals surface area contributed by atoms with Gasteiger partial charge in [-0.25, -0.2) is 9.68 Å². The fourth-order valence-electron chi connectivity index (χ4n) is 2.95. The Morgan fingerprint density at radius 2 is 1.39 bits per heavy atom. The van der Waals surface area contributed by atoms with Crippen LogP contribution in [0.25, 0.3) is 11.3 Å². The summed E-state index contributed by atoms with van der Waals surface area (Å²) in [5.74, 6) is 0. The van der Waals surface area contributed by atoms with Crippen LogP contribution in [0.5, 0.6) is 0 Å². The Bertz CT molecular complexity index is 644. The van der Waals surface area contributed by atoms with E-state index >= 15 is 0 Å². The minimum absolute atomic E-state index is 0.664. The maximum absolute atomic E-state index is 5.97. The molecule has 0 aliphatic heterocycles. The van der Waals surface area contributed by atoms with Crippen molar-refractivity contribution in [2.75, 3.05) is 18.4 Å². The van der Waals surface area contributed by atoms with Gasteiger partial charge in [-0.3, -0.25) is 4.98 Å². The molecule has 0 radical (unpaired) electrons. The summed E-state index contributed by atoms with van der Waals surface area (Å²) >= 11 is 0. The van der Waals surface area contributed by atoms with E-state index in [1.807, 2.05) is 18.3 Å². The standard InChI is InChI=1S/C24H36N2O2/c1-4-6-8-10-18-27-26(28-19-11-9-7-5-2)23-16-17-25-24(20-23)22-14-12-21(3)13-15-22/h12-17,20H,4-11,18-19H2,1-3H3.